The summed E-state index contributed by atoms with van der Waals surface area (Å²) in [5, 5.41) is 12.2. The van der Waals surface area contributed by atoms with Crippen LogP contribution < -0.4 is 9.80 Å². The summed E-state index contributed by atoms with van der Waals surface area (Å²) >= 11 is 6.54. The lowest BCUT2D eigenvalue weighted by Crippen LogP contribution is -2.45. The van der Waals surface area contributed by atoms with Crippen LogP contribution in [0.25, 0.3) is 10.8 Å². The third-order valence-corrected chi connectivity index (χ3v) is 14.0. The first-order valence-corrected chi connectivity index (χ1v) is 20.6. The highest BCUT2D eigenvalue weighted by Crippen LogP contribution is 2.60. The first-order valence-electron chi connectivity index (χ1n) is 17.3. The highest BCUT2D eigenvalue weighted by Gasteiger charge is 2.67. The smallest absolute Gasteiger partial charge is 0.264 e. The molecule has 2 saturated heterocycles. The Morgan fingerprint density at radius 2 is 1.78 bits per heavy atom. The zero-order valence-electron chi connectivity index (χ0n) is 28.2. The Hall–Kier alpha value is -4.09. The van der Waals surface area contributed by atoms with Crippen molar-refractivity contribution in [1.29, 1.82) is 0 Å². The maximum Gasteiger partial charge on any atom is 0.264 e. The van der Waals surface area contributed by atoms with E-state index in [1.165, 1.54) is 0 Å². The molecule has 1 N–H and O–H groups in total. The van der Waals surface area contributed by atoms with E-state index in [0.29, 0.717) is 28.4 Å². The number of rotatable bonds is 7. The lowest BCUT2D eigenvalue weighted by molar-refractivity contribution is -0.150. The number of nitrogens with zero attached hydrogens (tertiary/aromatic N) is 3. The van der Waals surface area contributed by atoms with Crippen LogP contribution in [0.3, 0.4) is 0 Å². The molecule has 4 aliphatic rings. The summed E-state index contributed by atoms with van der Waals surface area (Å²) in [6.07, 6.45) is 0.643. The quantitative estimate of drug-likeness (QED) is 0.159. The van der Waals surface area contributed by atoms with Gasteiger partial charge in [0.25, 0.3) is 11.8 Å². The number of fused-ring (bicyclic) bond motifs is 2. The van der Waals surface area contributed by atoms with Crippen molar-refractivity contribution < 1.29 is 28.3 Å². The van der Waals surface area contributed by atoms with Gasteiger partial charge in [-0.15, -0.1) is 0 Å². The highest BCUT2D eigenvalue weighted by atomic mass is 35.5. The molecule has 0 aromatic heterocycles. The minimum Gasteiger partial charge on any atom is -0.394 e. The minimum absolute atomic E-state index is 0.0644. The van der Waals surface area contributed by atoms with Crippen LogP contribution in [0.15, 0.2) is 78.9 Å². The van der Waals surface area contributed by atoms with E-state index >= 15 is 4.11 Å². The van der Waals surface area contributed by atoms with Crippen LogP contribution >= 0.6 is 11.6 Å². The van der Waals surface area contributed by atoms with E-state index in [-0.39, 0.29) is 43.3 Å². The summed E-state index contributed by atoms with van der Waals surface area (Å²) in [7, 11) is -3.48. The number of ether oxygens (including phenoxy) is 1. The molecule has 3 amide bonds. The molecule has 258 valence electrons. The standard InChI is InChI=1S/C39H39ClFN3O5Si/c1-23-36(50(2,3)41)33(20-34(46)42-18-6-9-28(42)22-45)49-39(23)30-19-26(40)14-17-31(30)43(38(39)48)21-24-12-15-27(16-13-24)44-32-11-5-8-25-7-4-10-29(35(25)32)37(44)47/h4-5,7-8,10-17,19,23,28,33,36,45H,6,9,18,20-22H2,1-3H3/t23-,28-,33+,36-,39+/m0/s1. The van der Waals surface area contributed by atoms with Crippen molar-refractivity contribution in [1.82, 2.24) is 4.90 Å². The van der Waals surface area contributed by atoms with Gasteiger partial charge in [-0.3, -0.25) is 19.3 Å². The van der Waals surface area contributed by atoms with Crippen LogP contribution in [0.4, 0.5) is 21.2 Å². The van der Waals surface area contributed by atoms with Gasteiger partial charge in [0.2, 0.25) is 14.3 Å². The van der Waals surface area contributed by atoms with Crippen molar-refractivity contribution >= 4 is 65.6 Å². The maximum atomic E-state index is 16.3. The van der Waals surface area contributed by atoms with E-state index in [9.17, 15) is 19.5 Å². The average molecular weight is 712 g/mol. The first kappa shape index (κ1) is 33.1. The Morgan fingerprint density at radius 3 is 2.50 bits per heavy atom. The Morgan fingerprint density at radius 1 is 1.04 bits per heavy atom. The van der Waals surface area contributed by atoms with Gasteiger partial charge in [0.15, 0.2) is 5.60 Å². The second-order valence-corrected chi connectivity index (χ2v) is 18.8. The Bertz CT molecular complexity index is 2050. The van der Waals surface area contributed by atoms with Crippen LogP contribution in [-0.2, 0) is 26.5 Å². The number of likely N-dealkylation sites (tertiary alicyclic amines) is 1. The van der Waals surface area contributed by atoms with Gasteiger partial charge < -0.3 is 23.8 Å². The molecule has 0 unspecified atom stereocenters. The number of carbonyl (C=O) groups is 3. The number of benzene rings is 4. The molecule has 8 nitrogen and oxygen atoms in total. The molecule has 8 rings (SSSR count). The molecule has 1 spiro atoms. The average Bonchev–Trinajstić information content (AvgIpc) is 3.82. The van der Waals surface area contributed by atoms with Crippen LogP contribution in [0.1, 0.15) is 47.7 Å². The number of halogens is 2. The molecule has 50 heavy (non-hydrogen) atoms. The van der Waals surface area contributed by atoms with Crippen LogP contribution in [0.5, 0.6) is 0 Å². The van der Waals surface area contributed by atoms with E-state index in [4.69, 9.17) is 16.3 Å². The van der Waals surface area contributed by atoms with Crippen LogP contribution in [0, 0.1) is 5.92 Å². The fraction of sp³-hybridized carbons (Fsp3) is 0.359. The van der Waals surface area contributed by atoms with Gasteiger partial charge in [-0.25, -0.2) is 0 Å². The Kier molecular flexibility index (Phi) is 7.94. The second-order valence-electron chi connectivity index (χ2n) is 14.6. The van der Waals surface area contributed by atoms with Crippen molar-refractivity contribution in [2.24, 2.45) is 5.92 Å². The molecule has 5 atom stereocenters. The lowest BCUT2D eigenvalue weighted by Gasteiger charge is -2.31. The monoisotopic (exact) mass is 711 g/mol. The van der Waals surface area contributed by atoms with Crippen LogP contribution in [-0.4, -0.2) is 61.4 Å². The van der Waals surface area contributed by atoms with E-state index in [1.54, 1.807) is 46.0 Å². The van der Waals surface area contributed by atoms with Crippen molar-refractivity contribution in [3.63, 3.8) is 0 Å². The lowest BCUT2D eigenvalue weighted by atomic mass is 9.82. The molecule has 0 aliphatic carbocycles. The van der Waals surface area contributed by atoms with Crippen molar-refractivity contribution in [2.45, 2.75) is 69.1 Å². The molecule has 4 aromatic carbocycles. The fourth-order valence-corrected chi connectivity index (χ4v) is 11.8. The van der Waals surface area contributed by atoms with E-state index < -0.39 is 31.6 Å². The van der Waals surface area contributed by atoms with Gasteiger partial charge in [0, 0.05) is 39.7 Å². The third-order valence-electron chi connectivity index (χ3n) is 11.3. The normalized spacial score (nSPS) is 25.8. The van der Waals surface area contributed by atoms with Gasteiger partial charge in [0.1, 0.15) is 0 Å². The SMILES string of the molecule is C[C@H]1[C@H]([Si](C)(C)F)[C@@H](CC(=O)N2CCC[C@H]2CO)O[C@]12C(=O)N(Cc1ccc(N3C(=O)c4cccc5cccc3c45)cc1)c1ccc(Cl)cc12. The number of anilines is 3. The number of carbonyl (C=O) groups excluding carboxylic acids is 3. The first-order chi connectivity index (χ1) is 23.9. The molecule has 11 heteroatoms. The van der Waals surface area contributed by atoms with E-state index in [0.717, 1.165) is 40.6 Å². The van der Waals surface area contributed by atoms with E-state index in [2.05, 4.69) is 0 Å². The summed E-state index contributed by atoms with van der Waals surface area (Å²) in [6, 6.07) is 24.3. The van der Waals surface area contributed by atoms with Crippen LogP contribution in [0.2, 0.25) is 23.7 Å². The second kappa shape index (κ2) is 12.0. The zero-order chi connectivity index (χ0) is 35.1. The van der Waals surface area contributed by atoms with Crippen molar-refractivity contribution in [3.05, 3.63) is 101 Å². The topological polar surface area (TPSA) is 90.4 Å². The minimum atomic E-state index is -3.48. The zero-order valence-corrected chi connectivity index (χ0v) is 30.0. The maximum absolute atomic E-state index is 16.3. The molecule has 4 aromatic rings. The summed E-state index contributed by atoms with van der Waals surface area (Å²) in [4.78, 5) is 47.0. The predicted octanol–water partition coefficient (Wildman–Crippen LogP) is 7.48. The Balaban J connectivity index is 1.10. The van der Waals surface area contributed by atoms with Gasteiger partial charge in [-0.05, 0) is 79.3 Å². The summed E-state index contributed by atoms with van der Waals surface area (Å²) < 4.78 is 23.1. The fourth-order valence-electron chi connectivity index (χ4n) is 9.12. The highest BCUT2D eigenvalue weighted by molar-refractivity contribution is 6.72. The third kappa shape index (κ3) is 4.94. The Labute approximate surface area is 296 Å². The largest absolute Gasteiger partial charge is 0.394 e. The number of hydrogen-bond acceptors (Lipinski definition) is 5. The molecular weight excluding hydrogens is 673 g/mol. The molecule has 4 aliphatic heterocycles. The molecule has 0 bridgehead atoms. The number of amides is 3. The van der Waals surface area contributed by atoms with E-state index in [1.807, 2.05) is 67.6 Å². The van der Waals surface area contributed by atoms with Gasteiger partial charge in [0.05, 0.1) is 48.7 Å². The summed E-state index contributed by atoms with van der Waals surface area (Å²) in [5.41, 5.74) is 2.13. The number of aliphatic hydroxyl groups excluding tert-OH is 1. The molecule has 4 heterocycles. The van der Waals surface area contributed by atoms with Gasteiger partial charge in [-0.2, -0.15) is 0 Å². The molecule has 0 saturated carbocycles. The number of aliphatic hydroxyl groups is 1. The van der Waals surface area contributed by atoms with Gasteiger partial charge >= 0.3 is 0 Å². The van der Waals surface area contributed by atoms with Crippen molar-refractivity contribution in [3.8, 4) is 0 Å². The predicted molar refractivity (Wildman–Crippen MR) is 194 cm³/mol. The summed E-state index contributed by atoms with van der Waals surface area (Å²) in [5.74, 6) is -1.15. The molecular formula is C39H39ClFN3O5Si. The molecule has 0 radical (unpaired) electrons. The summed E-state index contributed by atoms with van der Waals surface area (Å²) in [6.45, 7) is 5.72. The molecule has 2 fully saturated rings. The van der Waals surface area contributed by atoms with Crippen molar-refractivity contribution in [2.75, 3.05) is 23.0 Å². The van der Waals surface area contributed by atoms with Gasteiger partial charge in [-0.1, -0.05) is 54.9 Å². The number of hydrogen-bond donors (Lipinski definition) is 1.